The molecule has 1 amide bonds. The smallest absolute Gasteiger partial charge is 0.279 e. The average molecular weight is 448 g/mol. The van der Waals surface area contributed by atoms with E-state index in [1.165, 1.54) is 6.07 Å². The van der Waals surface area contributed by atoms with Crippen molar-refractivity contribution in [1.29, 1.82) is 0 Å². The number of benzene rings is 2. The van der Waals surface area contributed by atoms with E-state index in [0.29, 0.717) is 32.9 Å². The minimum absolute atomic E-state index is 0.0692. The molecule has 0 saturated heterocycles. The second-order valence-electron chi connectivity index (χ2n) is 6.16. The Morgan fingerprint density at radius 3 is 2.59 bits per heavy atom. The largest absolute Gasteiger partial charge is 0.355 e. The first-order valence-electron chi connectivity index (χ1n) is 8.50. The maximum absolute atomic E-state index is 12.5. The number of anilines is 1. The van der Waals surface area contributed by atoms with E-state index in [2.05, 4.69) is 15.6 Å². The standard InChI is InChI=1S/C20H13Cl3N4O2/c21-13-6-7-14(15(22)8-13)18-9-17(26-29-18)20(28)24-19-16(23)11-27(25-19)10-12-4-2-1-3-5-12/h1-9,11H,10H2,(H,24,25,28). The molecule has 4 rings (SSSR count). The molecule has 1 N–H and O–H groups in total. The Labute approximate surface area is 181 Å². The summed E-state index contributed by atoms with van der Waals surface area (Å²) in [5.74, 6) is 0.0798. The third-order valence-electron chi connectivity index (χ3n) is 4.08. The SMILES string of the molecule is O=C(Nc1nn(Cc2ccccc2)cc1Cl)c1cc(-c2ccc(Cl)cc2Cl)on1. The van der Waals surface area contributed by atoms with Gasteiger partial charge in [0, 0.05) is 22.8 Å². The fourth-order valence-corrected chi connectivity index (χ4v) is 3.40. The van der Waals surface area contributed by atoms with Gasteiger partial charge in [-0.3, -0.25) is 9.48 Å². The molecular weight excluding hydrogens is 435 g/mol. The summed E-state index contributed by atoms with van der Waals surface area (Å²) in [5, 5.41) is 12.0. The second kappa shape index (κ2) is 8.29. The molecule has 29 heavy (non-hydrogen) atoms. The number of carbonyl (C=O) groups excluding carboxylic acids is 1. The number of hydrogen-bond donors (Lipinski definition) is 1. The molecular formula is C20H13Cl3N4O2. The first-order chi connectivity index (χ1) is 14.0. The van der Waals surface area contributed by atoms with Crippen LogP contribution in [0.5, 0.6) is 0 Å². The molecule has 0 unspecified atom stereocenters. The highest BCUT2D eigenvalue weighted by atomic mass is 35.5. The maximum Gasteiger partial charge on any atom is 0.279 e. The van der Waals surface area contributed by atoms with Crippen LogP contribution in [0.1, 0.15) is 16.1 Å². The van der Waals surface area contributed by atoms with Crippen LogP contribution >= 0.6 is 34.8 Å². The lowest BCUT2D eigenvalue weighted by Crippen LogP contribution is -2.13. The maximum atomic E-state index is 12.5. The van der Waals surface area contributed by atoms with Gasteiger partial charge in [0.1, 0.15) is 5.02 Å². The summed E-state index contributed by atoms with van der Waals surface area (Å²) >= 11 is 18.3. The predicted octanol–water partition coefficient (Wildman–Crippen LogP) is 5.80. The van der Waals surface area contributed by atoms with Crippen molar-refractivity contribution in [2.24, 2.45) is 0 Å². The van der Waals surface area contributed by atoms with E-state index in [9.17, 15) is 4.79 Å². The van der Waals surface area contributed by atoms with E-state index in [-0.39, 0.29) is 11.5 Å². The number of rotatable bonds is 5. The first-order valence-corrected chi connectivity index (χ1v) is 9.63. The number of halogens is 3. The highest BCUT2D eigenvalue weighted by Gasteiger charge is 2.18. The van der Waals surface area contributed by atoms with Gasteiger partial charge in [0.2, 0.25) is 0 Å². The van der Waals surface area contributed by atoms with E-state index in [1.54, 1.807) is 29.1 Å². The fourth-order valence-electron chi connectivity index (χ4n) is 2.70. The van der Waals surface area contributed by atoms with Crippen LogP contribution in [0.3, 0.4) is 0 Å². The minimum atomic E-state index is -0.503. The summed E-state index contributed by atoms with van der Waals surface area (Å²) in [6.07, 6.45) is 1.64. The highest BCUT2D eigenvalue weighted by Crippen LogP contribution is 2.31. The molecule has 6 nitrogen and oxygen atoms in total. The molecule has 0 spiro atoms. The van der Waals surface area contributed by atoms with Crippen LogP contribution in [-0.2, 0) is 6.54 Å². The quantitative estimate of drug-likeness (QED) is 0.420. The van der Waals surface area contributed by atoms with Gasteiger partial charge in [0.15, 0.2) is 17.3 Å². The molecule has 4 aromatic rings. The molecule has 146 valence electrons. The number of nitrogens with one attached hydrogen (secondary N) is 1. The molecule has 0 fully saturated rings. The van der Waals surface area contributed by atoms with Crippen LogP contribution in [-0.4, -0.2) is 20.8 Å². The summed E-state index contributed by atoms with van der Waals surface area (Å²) < 4.78 is 6.90. The molecule has 0 aliphatic heterocycles. The summed E-state index contributed by atoms with van der Waals surface area (Å²) in [5.41, 5.74) is 1.71. The molecule has 9 heteroatoms. The minimum Gasteiger partial charge on any atom is -0.355 e. The first kappa shape index (κ1) is 19.5. The number of aromatic nitrogens is 3. The Morgan fingerprint density at radius 1 is 1.03 bits per heavy atom. The van der Waals surface area contributed by atoms with Crippen LogP contribution in [0.2, 0.25) is 15.1 Å². The third-order valence-corrected chi connectivity index (χ3v) is 4.90. The lowest BCUT2D eigenvalue weighted by Gasteiger charge is -2.01. The Balaban J connectivity index is 1.49. The average Bonchev–Trinajstić information content (AvgIpc) is 3.30. The van der Waals surface area contributed by atoms with Crippen molar-refractivity contribution in [2.75, 3.05) is 5.32 Å². The zero-order valence-corrected chi connectivity index (χ0v) is 17.0. The number of amides is 1. The van der Waals surface area contributed by atoms with Gasteiger partial charge in [-0.05, 0) is 23.8 Å². The van der Waals surface area contributed by atoms with Crippen LogP contribution in [0.15, 0.2) is 65.3 Å². The van der Waals surface area contributed by atoms with Gasteiger partial charge in [-0.2, -0.15) is 5.10 Å². The molecule has 0 bridgehead atoms. The van der Waals surface area contributed by atoms with E-state index >= 15 is 0 Å². The van der Waals surface area contributed by atoms with Crippen LogP contribution in [0, 0.1) is 0 Å². The van der Waals surface area contributed by atoms with Crippen LogP contribution < -0.4 is 5.32 Å². The van der Waals surface area contributed by atoms with Crippen molar-refractivity contribution >= 4 is 46.5 Å². The predicted molar refractivity (Wildman–Crippen MR) is 113 cm³/mol. The number of hydrogen-bond acceptors (Lipinski definition) is 4. The van der Waals surface area contributed by atoms with Gasteiger partial charge < -0.3 is 9.84 Å². The van der Waals surface area contributed by atoms with Crippen molar-refractivity contribution in [3.05, 3.63) is 87.1 Å². The molecule has 0 atom stereocenters. The molecule has 0 aliphatic carbocycles. The monoisotopic (exact) mass is 446 g/mol. The van der Waals surface area contributed by atoms with Crippen molar-refractivity contribution in [1.82, 2.24) is 14.9 Å². The Hall–Kier alpha value is -2.80. The summed E-state index contributed by atoms with van der Waals surface area (Å²) in [6.45, 7) is 0.527. The fraction of sp³-hybridized carbons (Fsp3) is 0.0500. The van der Waals surface area contributed by atoms with E-state index in [0.717, 1.165) is 5.56 Å². The number of nitrogens with zero attached hydrogens (tertiary/aromatic N) is 3. The summed E-state index contributed by atoms with van der Waals surface area (Å²) in [6, 6.07) is 16.2. The van der Waals surface area contributed by atoms with Gasteiger partial charge in [-0.25, -0.2) is 0 Å². The van der Waals surface area contributed by atoms with Gasteiger partial charge in [-0.1, -0.05) is 70.3 Å². The van der Waals surface area contributed by atoms with Gasteiger partial charge >= 0.3 is 0 Å². The lowest BCUT2D eigenvalue weighted by atomic mass is 10.1. The zero-order valence-electron chi connectivity index (χ0n) is 14.8. The Kier molecular flexibility index (Phi) is 5.58. The van der Waals surface area contributed by atoms with Crippen molar-refractivity contribution in [2.45, 2.75) is 6.54 Å². The summed E-state index contributed by atoms with van der Waals surface area (Å²) in [7, 11) is 0. The van der Waals surface area contributed by atoms with E-state index in [4.69, 9.17) is 39.3 Å². The molecule has 0 saturated carbocycles. The normalized spacial score (nSPS) is 10.9. The Morgan fingerprint density at radius 2 is 1.83 bits per heavy atom. The molecule has 2 heterocycles. The Bertz CT molecular complexity index is 1170. The third kappa shape index (κ3) is 4.45. The summed E-state index contributed by atoms with van der Waals surface area (Å²) in [4.78, 5) is 12.5. The molecule has 0 radical (unpaired) electrons. The van der Waals surface area contributed by atoms with Crippen molar-refractivity contribution in [3.8, 4) is 11.3 Å². The molecule has 2 aromatic heterocycles. The van der Waals surface area contributed by atoms with Gasteiger partial charge in [0.25, 0.3) is 5.91 Å². The van der Waals surface area contributed by atoms with E-state index in [1.807, 2.05) is 30.3 Å². The molecule has 2 aromatic carbocycles. The van der Waals surface area contributed by atoms with Gasteiger partial charge in [-0.15, -0.1) is 0 Å². The van der Waals surface area contributed by atoms with Crippen molar-refractivity contribution < 1.29 is 9.32 Å². The lowest BCUT2D eigenvalue weighted by molar-refractivity contribution is 0.101. The van der Waals surface area contributed by atoms with E-state index < -0.39 is 5.91 Å². The van der Waals surface area contributed by atoms with Crippen LogP contribution in [0.4, 0.5) is 5.82 Å². The zero-order chi connectivity index (χ0) is 20.4. The van der Waals surface area contributed by atoms with Gasteiger partial charge in [0.05, 0.1) is 11.6 Å². The van der Waals surface area contributed by atoms with Crippen LogP contribution in [0.25, 0.3) is 11.3 Å². The highest BCUT2D eigenvalue weighted by molar-refractivity contribution is 6.36. The topological polar surface area (TPSA) is 73.0 Å². The number of carbonyl (C=O) groups is 1. The van der Waals surface area contributed by atoms with Crippen molar-refractivity contribution in [3.63, 3.8) is 0 Å². The molecule has 0 aliphatic rings. The second-order valence-corrected chi connectivity index (χ2v) is 7.41.